The molecule has 1 saturated carbocycles. The standard InChI is InChI=1S/C17H21N5O6/c1-7(2)12(25)20-15-19-11-8(13(26)21-15)18-6-22(11)14-9-10(24)17(5-23,28-14)16(27-9)3-4-16/h6-7,9-10,14,23-24H,3-5H2,1-2H3,(H2,19,20,21,25,26)/t9-,10+,14-,17-/m1/s1. The number of ether oxygens (including phenoxy) is 2. The molecule has 1 amide bonds. The van der Waals surface area contributed by atoms with Crippen LogP contribution in [0, 0.1) is 5.92 Å². The Morgan fingerprint density at radius 2 is 2.21 bits per heavy atom. The van der Waals surface area contributed by atoms with Crippen molar-refractivity contribution in [3.63, 3.8) is 0 Å². The van der Waals surface area contributed by atoms with E-state index in [1.54, 1.807) is 13.8 Å². The Hall–Kier alpha value is -2.34. The molecule has 0 aromatic carbocycles. The van der Waals surface area contributed by atoms with Gasteiger partial charge in [0.15, 0.2) is 23.0 Å². The van der Waals surface area contributed by atoms with Gasteiger partial charge in [0.1, 0.15) is 17.8 Å². The first-order chi connectivity index (χ1) is 13.3. The lowest BCUT2D eigenvalue weighted by atomic mass is 9.91. The summed E-state index contributed by atoms with van der Waals surface area (Å²) in [4.78, 5) is 35.2. The van der Waals surface area contributed by atoms with Crippen molar-refractivity contribution in [2.24, 2.45) is 5.92 Å². The Kier molecular flexibility index (Phi) is 3.55. The number of hydrogen-bond donors (Lipinski definition) is 4. The highest BCUT2D eigenvalue weighted by atomic mass is 16.7. The summed E-state index contributed by atoms with van der Waals surface area (Å²) in [5, 5.41) is 23.2. The van der Waals surface area contributed by atoms with Gasteiger partial charge in [-0.15, -0.1) is 0 Å². The van der Waals surface area contributed by atoms with Crippen LogP contribution in [0.5, 0.6) is 0 Å². The van der Waals surface area contributed by atoms with E-state index in [0.717, 1.165) is 0 Å². The van der Waals surface area contributed by atoms with Gasteiger partial charge in [0.25, 0.3) is 5.56 Å². The average molecular weight is 391 g/mol. The smallest absolute Gasteiger partial charge is 0.280 e. The number of aliphatic hydroxyl groups excluding tert-OH is 2. The molecule has 28 heavy (non-hydrogen) atoms. The van der Waals surface area contributed by atoms with Crippen LogP contribution in [0.15, 0.2) is 11.1 Å². The SMILES string of the molecule is CC(C)C(=O)Nc1nc2c(ncn2[C@@H]2O[C@]3(CO)[C@@H](O)[C@H]2OC32CC2)c(=O)[nH]1. The summed E-state index contributed by atoms with van der Waals surface area (Å²) in [6, 6.07) is 0. The van der Waals surface area contributed by atoms with Gasteiger partial charge in [0.2, 0.25) is 11.9 Å². The third-order valence-electron chi connectivity index (χ3n) is 5.95. The van der Waals surface area contributed by atoms with Gasteiger partial charge in [-0.05, 0) is 12.8 Å². The Bertz CT molecular complexity index is 1030. The number of aliphatic hydroxyl groups is 2. The number of aromatic amines is 1. The van der Waals surface area contributed by atoms with Crippen LogP contribution in [0.25, 0.3) is 11.2 Å². The van der Waals surface area contributed by atoms with Crippen LogP contribution in [0.1, 0.15) is 32.9 Å². The summed E-state index contributed by atoms with van der Waals surface area (Å²) in [7, 11) is 0. The van der Waals surface area contributed by atoms with Gasteiger partial charge in [-0.25, -0.2) is 4.98 Å². The lowest BCUT2D eigenvalue weighted by molar-refractivity contribution is -0.233. The van der Waals surface area contributed by atoms with Crippen LogP contribution in [0.2, 0.25) is 0 Å². The van der Waals surface area contributed by atoms with Gasteiger partial charge >= 0.3 is 0 Å². The molecule has 1 aliphatic carbocycles. The van der Waals surface area contributed by atoms with Gasteiger partial charge in [0.05, 0.1) is 12.9 Å². The highest BCUT2D eigenvalue weighted by Gasteiger charge is 2.78. The minimum atomic E-state index is -1.20. The summed E-state index contributed by atoms with van der Waals surface area (Å²) in [6.45, 7) is 3.07. The maximum absolute atomic E-state index is 12.4. The van der Waals surface area contributed by atoms with E-state index in [1.807, 2.05) is 0 Å². The third kappa shape index (κ3) is 2.12. The molecule has 11 heteroatoms. The highest BCUT2D eigenvalue weighted by Crippen LogP contribution is 2.64. The van der Waals surface area contributed by atoms with Crippen molar-refractivity contribution in [1.29, 1.82) is 0 Å². The van der Waals surface area contributed by atoms with Gasteiger partial charge in [-0.3, -0.25) is 24.5 Å². The lowest BCUT2D eigenvalue weighted by Gasteiger charge is -2.36. The molecule has 0 radical (unpaired) electrons. The fourth-order valence-electron chi connectivity index (χ4n) is 4.21. The molecule has 2 aromatic rings. The molecule has 150 valence electrons. The predicted molar refractivity (Wildman–Crippen MR) is 94.4 cm³/mol. The first-order valence-electron chi connectivity index (χ1n) is 9.24. The van der Waals surface area contributed by atoms with Crippen molar-refractivity contribution in [1.82, 2.24) is 19.5 Å². The van der Waals surface area contributed by atoms with Crippen LogP contribution in [-0.4, -0.2) is 65.7 Å². The quantitative estimate of drug-likeness (QED) is 0.532. The number of anilines is 1. The molecular weight excluding hydrogens is 370 g/mol. The summed E-state index contributed by atoms with van der Waals surface area (Å²) in [5.74, 6) is -0.584. The number of hydrogen-bond acceptors (Lipinski definition) is 8. The normalized spacial score (nSPS) is 32.5. The van der Waals surface area contributed by atoms with E-state index in [0.29, 0.717) is 12.8 Å². The minimum absolute atomic E-state index is 0.00175. The number of imidazole rings is 1. The van der Waals surface area contributed by atoms with Gasteiger partial charge in [-0.1, -0.05) is 13.8 Å². The molecule has 3 fully saturated rings. The topological polar surface area (TPSA) is 152 Å². The number of nitrogens with zero attached hydrogens (tertiary/aromatic N) is 3. The monoisotopic (exact) mass is 391 g/mol. The van der Waals surface area contributed by atoms with Gasteiger partial charge < -0.3 is 19.7 Å². The first kappa shape index (κ1) is 17.7. The summed E-state index contributed by atoms with van der Waals surface area (Å²) in [6.07, 6.45) is 0.268. The fourth-order valence-corrected chi connectivity index (χ4v) is 4.21. The highest BCUT2D eigenvalue weighted by molar-refractivity contribution is 5.91. The molecule has 5 rings (SSSR count). The van der Waals surface area contributed by atoms with Crippen molar-refractivity contribution in [2.75, 3.05) is 11.9 Å². The number of nitrogens with one attached hydrogen (secondary N) is 2. The Morgan fingerprint density at radius 1 is 1.46 bits per heavy atom. The van der Waals surface area contributed by atoms with E-state index in [2.05, 4.69) is 20.3 Å². The van der Waals surface area contributed by atoms with E-state index in [4.69, 9.17) is 9.47 Å². The van der Waals surface area contributed by atoms with Crippen LogP contribution in [0.4, 0.5) is 5.95 Å². The Morgan fingerprint density at radius 3 is 2.86 bits per heavy atom. The second kappa shape index (κ2) is 5.60. The van der Waals surface area contributed by atoms with Crippen LogP contribution in [0.3, 0.4) is 0 Å². The zero-order valence-electron chi connectivity index (χ0n) is 15.4. The Labute approximate surface area is 158 Å². The minimum Gasteiger partial charge on any atom is -0.393 e. The fraction of sp³-hybridized carbons (Fsp3) is 0.647. The number of H-pyrrole nitrogens is 1. The van der Waals surface area contributed by atoms with Crippen molar-refractivity contribution < 1.29 is 24.5 Å². The van der Waals surface area contributed by atoms with E-state index in [-0.39, 0.29) is 35.5 Å². The lowest BCUT2D eigenvalue weighted by Crippen LogP contribution is -2.52. The number of rotatable bonds is 4. The van der Waals surface area contributed by atoms with Crippen molar-refractivity contribution in [3.8, 4) is 0 Å². The molecule has 2 aliphatic heterocycles. The molecule has 4 N–H and O–H groups in total. The number of amides is 1. The number of carbonyl (C=O) groups is 1. The first-order valence-corrected chi connectivity index (χ1v) is 9.24. The number of fused-ring (bicyclic) bond motifs is 4. The van der Waals surface area contributed by atoms with Crippen molar-refractivity contribution in [2.45, 2.75) is 56.3 Å². The maximum atomic E-state index is 12.4. The molecule has 1 spiro atoms. The molecule has 2 saturated heterocycles. The number of carbonyl (C=O) groups excluding carboxylic acids is 1. The molecule has 11 nitrogen and oxygen atoms in total. The number of aromatic nitrogens is 4. The van der Waals surface area contributed by atoms with Gasteiger partial charge in [-0.2, -0.15) is 4.98 Å². The second-order valence-electron chi connectivity index (χ2n) is 7.96. The van der Waals surface area contributed by atoms with Gasteiger partial charge in [0, 0.05) is 5.92 Å². The maximum Gasteiger partial charge on any atom is 0.280 e. The summed E-state index contributed by atoms with van der Waals surface area (Å²) < 4.78 is 13.6. The molecule has 2 bridgehead atoms. The molecular formula is C17H21N5O6. The van der Waals surface area contributed by atoms with E-state index >= 15 is 0 Å². The van der Waals surface area contributed by atoms with Crippen LogP contribution >= 0.6 is 0 Å². The van der Waals surface area contributed by atoms with E-state index in [1.165, 1.54) is 10.9 Å². The Balaban J connectivity index is 1.55. The zero-order valence-corrected chi connectivity index (χ0v) is 15.4. The van der Waals surface area contributed by atoms with Crippen molar-refractivity contribution >= 4 is 23.0 Å². The molecule has 4 atom stereocenters. The van der Waals surface area contributed by atoms with E-state index < -0.39 is 35.2 Å². The largest absolute Gasteiger partial charge is 0.393 e. The van der Waals surface area contributed by atoms with E-state index in [9.17, 15) is 19.8 Å². The second-order valence-corrected chi connectivity index (χ2v) is 7.96. The molecule has 2 aromatic heterocycles. The molecule has 4 heterocycles. The predicted octanol–water partition coefficient (Wildman–Crippen LogP) is -0.734. The molecule has 3 aliphatic rings. The van der Waals surface area contributed by atoms with Crippen LogP contribution < -0.4 is 10.9 Å². The van der Waals surface area contributed by atoms with Crippen molar-refractivity contribution in [3.05, 3.63) is 16.7 Å². The third-order valence-corrected chi connectivity index (χ3v) is 5.95. The van der Waals surface area contributed by atoms with Crippen LogP contribution in [-0.2, 0) is 14.3 Å². The molecule has 0 unspecified atom stereocenters. The zero-order chi connectivity index (χ0) is 19.8. The average Bonchev–Trinajstić information content (AvgIpc) is 3.12. The summed E-state index contributed by atoms with van der Waals surface area (Å²) >= 11 is 0. The summed E-state index contributed by atoms with van der Waals surface area (Å²) in [5.41, 5.74) is -2.10.